The molecule has 0 radical (unpaired) electrons. The van der Waals surface area contributed by atoms with E-state index < -0.39 is 11.8 Å². The van der Waals surface area contributed by atoms with E-state index in [0.717, 1.165) is 0 Å². The zero-order valence-corrected chi connectivity index (χ0v) is 12.8. The van der Waals surface area contributed by atoms with Gasteiger partial charge in [0.05, 0.1) is 11.6 Å². The quantitative estimate of drug-likeness (QED) is 0.209. The molecule has 0 unspecified atom stereocenters. The van der Waals surface area contributed by atoms with Crippen LogP contribution in [0.3, 0.4) is 0 Å². The first-order valence-electron chi connectivity index (χ1n) is 5.78. The third-order valence-electron chi connectivity index (χ3n) is 2.19. The van der Waals surface area contributed by atoms with Crippen LogP contribution in [0.15, 0.2) is 24.0 Å². The Bertz CT molecular complexity index is 557. The van der Waals surface area contributed by atoms with Gasteiger partial charge in [-0.25, -0.2) is 9.78 Å². The van der Waals surface area contributed by atoms with Gasteiger partial charge in [0.25, 0.3) is 0 Å². The molecule has 0 aliphatic heterocycles. The highest BCUT2D eigenvalue weighted by Gasteiger charge is 2.24. The van der Waals surface area contributed by atoms with Crippen molar-refractivity contribution in [2.45, 2.75) is 6.92 Å². The second-order valence-corrected chi connectivity index (χ2v) is 4.84. The maximum atomic E-state index is 12.4. The van der Waals surface area contributed by atoms with Gasteiger partial charge in [0.2, 0.25) is 5.78 Å². The Morgan fingerprint density at radius 3 is 2.60 bits per heavy atom. The normalized spacial score (nSPS) is 11.2. The van der Waals surface area contributed by atoms with Crippen molar-refractivity contribution in [1.29, 1.82) is 0 Å². The average molecular weight is 317 g/mol. The molecule has 1 aromatic rings. The van der Waals surface area contributed by atoms with E-state index in [1.165, 1.54) is 18.5 Å². The molecule has 0 saturated carbocycles. The van der Waals surface area contributed by atoms with Crippen LogP contribution in [0.5, 0.6) is 0 Å². The van der Waals surface area contributed by atoms with Gasteiger partial charge in [0, 0.05) is 32.1 Å². The Morgan fingerprint density at radius 2 is 2.05 bits per heavy atom. The lowest BCUT2D eigenvalue weighted by molar-refractivity contribution is -0.138. The topological polar surface area (TPSA) is 59.5 Å². The molecule has 0 aliphatic carbocycles. The Morgan fingerprint density at radius 1 is 1.40 bits per heavy atom. The van der Waals surface area contributed by atoms with E-state index in [-0.39, 0.29) is 27.9 Å². The van der Waals surface area contributed by atoms with E-state index in [1.807, 2.05) is 0 Å². The molecule has 108 valence electrons. The van der Waals surface area contributed by atoms with Gasteiger partial charge in [-0.15, -0.1) is 0 Å². The van der Waals surface area contributed by atoms with Crippen LogP contribution >= 0.6 is 23.2 Å². The molecule has 0 atom stereocenters. The summed E-state index contributed by atoms with van der Waals surface area (Å²) in [5, 5.41) is 0.235. The van der Waals surface area contributed by atoms with E-state index >= 15 is 0 Å². The Kier molecular flexibility index (Phi) is 5.98. The van der Waals surface area contributed by atoms with Gasteiger partial charge < -0.3 is 9.64 Å². The molecule has 0 amide bonds. The lowest BCUT2D eigenvalue weighted by Gasteiger charge is -2.11. The summed E-state index contributed by atoms with van der Waals surface area (Å²) in [4.78, 5) is 29.6. The molecule has 0 N–H and O–H groups in total. The number of ether oxygens (including phenoxy) is 1. The summed E-state index contributed by atoms with van der Waals surface area (Å²) in [6, 6.07) is 1.31. The maximum Gasteiger partial charge on any atom is 0.343 e. The molecule has 5 nitrogen and oxygen atoms in total. The molecular formula is C13H14Cl2N2O3. The summed E-state index contributed by atoms with van der Waals surface area (Å²) in [6.45, 7) is 1.83. The van der Waals surface area contributed by atoms with Crippen molar-refractivity contribution in [1.82, 2.24) is 9.88 Å². The minimum Gasteiger partial charge on any atom is -0.462 e. The molecule has 1 aromatic heterocycles. The SMILES string of the molecule is CCOC(=O)/C(=C\N(C)C)C(=O)c1cc(Cl)ncc1Cl. The highest BCUT2D eigenvalue weighted by molar-refractivity contribution is 6.38. The van der Waals surface area contributed by atoms with E-state index in [0.29, 0.717) is 0 Å². The number of nitrogens with zero attached hydrogens (tertiary/aromatic N) is 2. The number of pyridine rings is 1. The zero-order chi connectivity index (χ0) is 15.3. The Hall–Kier alpha value is -1.59. The number of hydrogen-bond donors (Lipinski definition) is 0. The lowest BCUT2D eigenvalue weighted by atomic mass is 10.1. The molecule has 0 aliphatic rings. The van der Waals surface area contributed by atoms with Crippen LogP contribution < -0.4 is 0 Å². The minimum absolute atomic E-state index is 0.104. The largest absolute Gasteiger partial charge is 0.462 e. The van der Waals surface area contributed by atoms with Crippen molar-refractivity contribution in [2.24, 2.45) is 0 Å². The van der Waals surface area contributed by atoms with Gasteiger partial charge in [0.15, 0.2) is 0 Å². The van der Waals surface area contributed by atoms with Crippen LogP contribution in [0, 0.1) is 0 Å². The van der Waals surface area contributed by atoms with Crippen molar-refractivity contribution < 1.29 is 14.3 Å². The first kappa shape index (κ1) is 16.5. The summed E-state index contributed by atoms with van der Waals surface area (Å²) in [6.07, 6.45) is 2.64. The smallest absolute Gasteiger partial charge is 0.343 e. The fourth-order valence-corrected chi connectivity index (χ4v) is 1.75. The Labute approximate surface area is 127 Å². The van der Waals surface area contributed by atoms with Crippen molar-refractivity contribution in [2.75, 3.05) is 20.7 Å². The van der Waals surface area contributed by atoms with Crippen LogP contribution in [0.2, 0.25) is 10.2 Å². The van der Waals surface area contributed by atoms with Gasteiger partial charge in [-0.1, -0.05) is 23.2 Å². The second kappa shape index (κ2) is 7.26. The number of carbonyl (C=O) groups excluding carboxylic acids is 2. The van der Waals surface area contributed by atoms with Crippen molar-refractivity contribution in [3.8, 4) is 0 Å². The number of carbonyl (C=O) groups is 2. The highest BCUT2D eigenvalue weighted by atomic mass is 35.5. The first-order valence-corrected chi connectivity index (χ1v) is 6.53. The molecule has 0 bridgehead atoms. The minimum atomic E-state index is -0.713. The van der Waals surface area contributed by atoms with E-state index in [4.69, 9.17) is 27.9 Å². The predicted molar refractivity (Wildman–Crippen MR) is 77.0 cm³/mol. The monoisotopic (exact) mass is 316 g/mol. The summed E-state index contributed by atoms with van der Waals surface area (Å²) >= 11 is 11.7. The van der Waals surface area contributed by atoms with Gasteiger partial charge in [-0.3, -0.25) is 4.79 Å². The van der Waals surface area contributed by atoms with Crippen LogP contribution in [-0.2, 0) is 9.53 Å². The fraction of sp³-hybridized carbons (Fsp3) is 0.308. The summed E-state index contributed by atoms with van der Waals surface area (Å²) < 4.78 is 4.87. The van der Waals surface area contributed by atoms with Crippen molar-refractivity contribution >= 4 is 35.0 Å². The van der Waals surface area contributed by atoms with E-state index in [1.54, 1.807) is 25.9 Å². The number of halogens is 2. The number of hydrogen-bond acceptors (Lipinski definition) is 5. The number of esters is 1. The van der Waals surface area contributed by atoms with Gasteiger partial charge in [-0.05, 0) is 13.0 Å². The number of ketones is 1. The number of aromatic nitrogens is 1. The van der Waals surface area contributed by atoms with Crippen molar-refractivity contribution in [3.63, 3.8) is 0 Å². The van der Waals surface area contributed by atoms with E-state index in [9.17, 15) is 9.59 Å². The highest BCUT2D eigenvalue weighted by Crippen LogP contribution is 2.22. The van der Waals surface area contributed by atoms with Gasteiger partial charge in [-0.2, -0.15) is 0 Å². The molecular weight excluding hydrogens is 303 g/mol. The summed E-state index contributed by atoms with van der Waals surface area (Å²) in [5.41, 5.74) is -0.0196. The fourth-order valence-electron chi connectivity index (χ4n) is 1.40. The molecule has 0 aromatic carbocycles. The molecule has 0 saturated heterocycles. The summed E-state index contributed by atoms with van der Waals surface area (Å²) in [5.74, 6) is -1.28. The third kappa shape index (κ3) is 4.21. The lowest BCUT2D eigenvalue weighted by Crippen LogP contribution is -2.19. The maximum absolute atomic E-state index is 12.4. The number of Topliss-reactive ketones (excluding diaryl/α,β-unsaturated/α-hetero) is 1. The number of rotatable bonds is 5. The summed E-state index contributed by atoms with van der Waals surface area (Å²) in [7, 11) is 3.38. The molecule has 0 fully saturated rings. The molecule has 1 rings (SSSR count). The van der Waals surface area contributed by atoms with Gasteiger partial charge in [0.1, 0.15) is 10.7 Å². The second-order valence-electron chi connectivity index (χ2n) is 4.04. The molecule has 1 heterocycles. The van der Waals surface area contributed by atoms with Crippen LogP contribution in [0.1, 0.15) is 17.3 Å². The van der Waals surface area contributed by atoms with Crippen molar-refractivity contribution in [3.05, 3.63) is 39.8 Å². The first-order chi connectivity index (χ1) is 9.36. The molecule has 20 heavy (non-hydrogen) atoms. The Balaban J connectivity index is 3.24. The average Bonchev–Trinajstić information content (AvgIpc) is 2.38. The molecule has 7 heteroatoms. The third-order valence-corrected chi connectivity index (χ3v) is 2.70. The predicted octanol–water partition coefficient (Wildman–Crippen LogP) is 2.58. The van der Waals surface area contributed by atoms with Crippen LogP contribution in [-0.4, -0.2) is 42.3 Å². The standard InChI is InChI=1S/C13H14Cl2N2O3/c1-4-20-13(19)9(7-17(2)3)12(18)8-5-11(15)16-6-10(8)14/h5-7H,4H2,1-3H3/b9-7-. The van der Waals surface area contributed by atoms with E-state index in [2.05, 4.69) is 4.98 Å². The van der Waals surface area contributed by atoms with Crippen LogP contribution in [0.4, 0.5) is 0 Å². The zero-order valence-electron chi connectivity index (χ0n) is 11.3. The van der Waals surface area contributed by atoms with Gasteiger partial charge >= 0.3 is 5.97 Å². The van der Waals surface area contributed by atoms with Crippen LogP contribution in [0.25, 0.3) is 0 Å². The molecule has 0 spiro atoms.